The maximum atomic E-state index is 6.77. The Kier molecular flexibility index (Phi) is 10.4. The van der Waals surface area contributed by atoms with E-state index in [4.69, 9.17) is 13.6 Å². The fraction of sp³-hybridized carbons (Fsp3) is 1.00. The molecule has 0 N–H and O–H groups in total. The summed E-state index contributed by atoms with van der Waals surface area (Å²) in [5, 5.41) is 0. The highest BCUT2D eigenvalue weighted by molar-refractivity contribution is 6.74. The van der Waals surface area contributed by atoms with Crippen molar-refractivity contribution in [1.29, 1.82) is 0 Å². The predicted molar refractivity (Wildman–Crippen MR) is 109 cm³/mol. The van der Waals surface area contributed by atoms with E-state index < -0.39 is 16.6 Å². The molecule has 0 saturated carbocycles. The number of hydrogen-bond donors (Lipinski definition) is 0. The van der Waals surface area contributed by atoms with E-state index >= 15 is 0 Å². The van der Waals surface area contributed by atoms with Crippen LogP contribution in [-0.4, -0.2) is 42.1 Å². The lowest BCUT2D eigenvalue weighted by Crippen LogP contribution is -2.47. The third-order valence-electron chi connectivity index (χ3n) is 6.46. The van der Waals surface area contributed by atoms with E-state index in [1.807, 2.05) is 0 Å². The summed E-state index contributed by atoms with van der Waals surface area (Å²) >= 11 is 0. The van der Waals surface area contributed by atoms with E-state index in [1.165, 1.54) is 36.3 Å². The van der Waals surface area contributed by atoms with Crippen LogP contribution in [0.25, 0.3) is 0 Å². The molecule has 0 spiro atoms. The van der Waals surface area contributed by atoms with Gasteiger partial charge in [-0.15, -0.1) is 0 Å². The monoisotopic (exact) mass is 374 g/mol. The Morgan fingerprint density at radius 2 is 1.38 bits per heavy atom. The van der Waals surface area contributed by atoms with Crippen molar-refractivity contribution in [2.24, 2.45) is 0 Å². The molecule has 24 heavy (non-hydrogen) atoms. The third kappa shape index (κ3) is 5.94. The van der Waals surface area contributed by atoms with Gasteiger partial charge in [0.2, 0.25) is 0 Å². The molecule has 2 atom stereocenters. The number of ether oxygens (including phenoxy) is 1. The zero-order valence-corrected chi connectivity index (χ0v) is 19.2. The van der Waals surface area contributed by atoms with Gasteiger partial charge in [-0.2, -0.15) is 0 Å². The van der Waals surface area contributed by atoms with E-state index in [0.29, 0.717) is 6.10 Å². The van der Waals surface area contributed by atoms with Crippen molar-refractivity contribution >= 4 is 16.6 Å². The van der Waals surface area contributed by atoms with Crippen molar-refractivity contribution in [2.45, 2.75) is 109 Å². The maximum Gasteiger partial charge on any atom is 0.192 e. The van der Waals surface area contributed by atoms with Crippen LogP contribution in [0.5, 0.6) is 0 Å². The molecule has 1 heterocycles. The van der Waals surface area contributed by atoms with E-state index in [-0.39, 0.29) is 6.10 Å². The molecular weight excluding hydrogens is 332 g/mol. The summed E-state index contributed by atoms with van der Waals surface area (Å²) in [5.74, 6) is 0. The van der Waals surface area contributed by atoms with Crippen LogP contribution < -0.4 is 0 Å². The lowest BCUT2D eigenvalue weighted by molar-refractivity contribution is -0.0745. The van der Waals surface area contributed by atoms with Gasteiger partial charge in [0.05, 0.1) is 12.2 Å². The largest absolute Gasteiger partial charge is 0.417 e. The Morgan fingerprint density at radius 1 is 0.833 bits per heavy atom. The highest BCUT2D eigenvalue weighted by Crippen LogP contribution is 2.30. The van der Waals surface area contributed by atoms with Crippen LogP contribution in [0, 0.1) is 0 Å². The zero-order chi connectivity index (χ0) is 18.1. The Balaban J connectivity index is 2.61. The van der Waals surface area contributed by atoms with E-state index in [9.17, 15) is 0 Å². The average Bonchev–Trinajstić information content (AvgIpc) is 2.65. The Labute approximate surface area is 153 Å². The second kappa shape index (κ2) is 11.1. The van der Waals surface area contributed by atoms with Crippen molar-refractivity contribution < 1.29 is 13.6 Å². The summed E-state index contributed by atoms with van der Waals surface area (Å²) < 4.78 is 19.3. The third-order valence-corrected chi connectivity index (χ3v) is 15.8. The van der Waals surface area contributed by atoms with Gasteiger partial charge in [0.1, 0.15) is 0 Å². The van der Waals surface area contributed by atoms with Crippen molar-refractivity contribution in [3.63, 3.8) is 0 Å². The van der Waals surface area contributed by atoms with Crippen LogP contribution in [0.3, 0.4) is 0 Å². The smallest absolute Gasteiger partial charge is 0.192 e. The predicted octanol–water partition coefficient (Wildman–Crippen LogP) is 5.97. The fourth-order valence-electron chi connectivity index (χ4n) is 3.99. The Hall–Kier alpha value is 0.314. The standard InChI is InChI=1S/C19H42O3Si2/c1-7-23(8-2,9-3)21-17-15-18-19(14-13-16-20-18)22-24(10-4,11-5)12-6/h18-19H,7-17H2,1-6H3/t18-,19+/m1/s1. The van der Waals surface area contributed by atoms with Crippen LogP contribution in [0.4, 0.5) is 0 Å². The second-order valence-electron chi connectivity index (χ2n) is 7.33. The van der Waals surface area contributed by atoms with Gasteiger partial charge in [0.25, 0.3) is 0 Å². The van der Waals surface area contributed by atoms with Crippen molar-refractivity contribution in [3.05, 3.63) is 0 Å². The normalized spacial score (nSPS) is 22.8. The summed E-state index contributed by atoms with van der Waals surface area (Å²) in [4.78, 5) is 0. The molecular formula is C19H42O3Si2. The molecule has 0 unspecified atom stereocenters. The number of rotatable bonds is 12. The second-order valence-corrected chi connectivity index (χ2v) is 16.8. The van der Waals surface area contributed by atoms with E-state index in [1.54, 1.807) is 0 Å². The van der Waals surface area contributed by atoms with Gasteiger partial charge < -0.3 is 13.6 Å². The molecule has 0 amide bonds. The lowest BCUT2D eigenvalue weighted by atomic mass is 10.0. The molecule has 144 valence electrons. The minimum atomic E-state index is -1.56. The molecule has 5 heteroatoms. The minimum absolute atomic E-state index is 0.243. The zero-order valence-electron chi connectivity index (χ0n) is 17.2. The van der Waals surface area contributed by atoms with E-state index in [2.05, 4.69) is 41.5 Å². The molecule has 0 radical (unpaired) electrons. The highest BCUT2D eigenvalue weighted by Gasteiger charge is 2.37. The van der Waals surface area contributed by atoms with Crippen LogP contribution >= 0.6 is 0 Å². The van der Waals surface area contributed by atoms with Crippen molar-refractivity contribution in [2.75, 3.05) is 13.2 Å². The first-order chi connectivity index (χ1) is 11.5. The molecule has 3 nitrogen and oxygen atoms in total. The van der Waals surface area contributed by atoms with Crippen molar-refractivity contribution in [3.8, 4) is 0 Å². The van der Waals surface area contributed by atoms with Gasteiger partial charge in [-0.3, -0.25) is 0 Å². The maximum absolute atomic E-state index is 6.77. The molecule has 0 aromatic heterocycles. The molecule has 1 aliphatic rings. The van der Waals surface area contributed by atoms with Crippen LogP contribution in [-0.2, 0) is 13.6 Å². The minimum Gasteiger partial charge on any atom is -0.417 e. The van der Waals surface area contributed by atoms with Crippen LogP contribution in [0.15, 0.2) is 0 Å². The lowest BCUT2D eigenvalue weighted by Gasteiger charge is -2.39. The molecule has 1 aliphatic heterocycles. The van der Waals surface area contributed by atoms with Gasteiger partial charge in [-0.25, -0.2) is 0 Å². The molecule has 1 saturated heterocycles. The first-order valence-electron chi connectivity index (χ1n) is 10.5. The SMILES string of the molecule is CC[Si](CC)(CC)OCC[C@H]1OCCC[C@@H]1O[Si](CC)(CC)CC. The van der Waals surface area contributed by atoms with Crippen LogP contribution in [0.2, 0.25) is 36.3 Å². The first kappa shape index (κ1) is 22.4. The molecule has 1 rings (SSSR count). The van der Waals surface area contributed by atoms with Crippen LogP contribution in [0.1, 0.15) is 60.8 Å². The summed E-state index contributed by atoms with van der Waals surface area (Å²) in [5.41, 5.74) is 0. The van der Waals surface area contributed by atoms with Crippen molar-refractivity contribution in [1.82, 2.24) is 0 Å². The summed E-state index contributed by atoms with van der Waals surface area (Å²) in [7, 11) is -3.03. The quantitative estimate of drug-likeness (QED) is 0.394. The first-order valence-corrected chi connectivity index (χ1v) is 15.5. The van der Waals surface area contributed by atoms with Gasteiger partial charge in [-0.05, 0) is 55.5 Å². The summed E-state index contributed by atoms with van der Waals surface area (Å²) in [6.07, 6.45) is 3.85. The van der Waals surface area contributed by atoms with Gasteiger partial charge in [0, 0.05) is 13.2 Å². The molecule has 0 bridgehead atoms. The summed E-state index contributed by atoms with van der Waals surface area (Å²) in [6, 6.07) is 7.33. The molecule has 0 aliphatic carbocycles. The number of hydrogen-bond acceptors (Lipinski definition) is 3. The van der Waals surface area contributed by atoms with E-state index in [0.717, 1.165) is 32.5 Å². The molecule has 1 fully saturated rings. The summed E-state index contributed by atoms with van der Waals surface area (Å²) in [6.45, 7) is 15.6. The fourth-order valence-corrected chi connectivity index (χ4v) is 9.56. The van der Waals surface area contributed by atoms with Gasteiger partial charge in [-0.1, -0.05) is 41.5 Å². The molecule has 0 aromatic rings. The average molecular weight is 375 g/mol. The molecule has 0 aromatic carbocycles. The van der Waals surface area contributed by atoms with Gasteiger partial charge >= 0.3 is 0 Å². The highest BCUT2D eigenvalue weighted by atomic mass is 28.4. The topological polar surface area (TPSA) is 27.7 Å². The van der Waals surface area contributed by atoms with Gasteiger partial charge in [0.15, 0.2) is 16.6 Å². The Morgan fingerprint density at radius 3 is 1.88 bits per heavy atom. The Bertz CT molecular complexity index is 314.